The zero-order valence-electron chi connectivity index (χ0n) is 16.0. The fourth-order valence-corrected chi connectivity index (χ4v) is 4.91. The van der Waals surface area contributed by atoms with Gasteiger partial charge in [-0.3, -0.25) is 4.72 Å². The summed E-state index contributed by atoms with van der Waals surface area (Å²) in [5.41, 5.74) is 3.69. The number of hydrogen-bond acceptors (Lipinski definition) is 3. The molecule has 5 heteroatoms. The maximum absolute atomic E-state index is 12.8. The van der Waals surface area contributed by atoms with Gasteiger partial charge in [-0.25, -0.2) is 8.42 Å². The second-order valence-corrected chi connectivity index (χ2v) is 9.11. The smallest absolute Gasteiger partial charge is 0.236 e. The monoisotopic (exact) mass is 387 g/mol. The van der Waals surface area contributed by atoms with E-state index in [4.69, 9.17) is 4.74 Å². The van der Waals surface area contributed by atoms with Crippen molar-refractivity contribution in [1.82, 2.24) is 0 Å². The zero-order valence-corrected chi connectivity index (χ0v) is 16.8. The SMILES string of the molecule is Cc1ccc(C2CCCCOCCC2)c(NS(=O)(=O)Cc2ccccc2)c1. The summed E-state index contributed by atoms with van der Waals surface area (Å²) in [6, 6.07) is 15.4. The van der Waals surface area contributed by atoms with E-state index in [9.17, 15) is 8.42 Å². The average molecular weight is 388 g/mol. The molecule has 1 aliphatic rings. The van der Waals surface area contributed by atoms with Gasteiger partial charge >= 0.3 is 0 Å². The molecular formula is C22H29NO3S. The Kier molecular flexibility index (Phi) is 6.91. The molecule has 1 atom stereocenters. The van der Waals surface area contributed by atoms with Crippen LogP contribution in [-0.4, -0.2) is 21.6 Å². The topological polar surface area (TPSA) is 55.4 Å². The molecule has 4 nitrogen and oxygen atoms in total. The summed E-state index contributed by atoms with van der Waals surface area (Å²) in [5.74, 6) is 0.349. The van der Waals surface area contributed by atoms with Gasteiger partial charge in [0.25, 0.3) is 0 Å². The molecule has 1 unspecified atom stereocenters. The normalized spacial score (nSPS) is 18.9. The predicted octanol–water partition coefficient (Wildman–Crippen LogP) is 5.00. The quantitative estimate of drug-likeness (QED) is 0.785. The first-order valence-corrected chi connectivity index (χ1v) is 11.4. The molecule has 1 heterocycles. The molecule has 0 amide bonds. The number of hydrogen-bond donors (Lipinski definition) is 1. The van der Waals surface area contributed by atoms with Crippen molar-refractivity contribution in [1.29, 1.82) is 0 Å². The van der Waals surface area contributed by atoms with Crippen molar-refractivity contribution in [2.75, 3.05) is 17.9 Å². The molecule has 3 rings (SSSR count). The van der Waals surface area contributed by atoms with Crippen molar-refractivity contribution in [3.8, 4) is 0 Å². The predicted molar refractivity (Wildman–Crippen MR) is 111 cm³/mol. The lowest BCUT2D eigenvalue weighted by atomic mass is 9.88. The summed E-state index contributed by atoms with van der Waals surface area (Å²) in [7, 11) is -3.46. The third-order valence-electron chi connectivity index (χ3n) is 5.05. The van der Waals surface area contributed by atoms with Gasteiger partial charge in [-0.15, -0.1) is 0 Å². The van der Waals surface area contributed by atoms with Crippen molar-refractivity contribution >= 4 is 15.7 Å². The number of ether oxygens (including phenoxy) is 1. The highest BCUT2D eigenvalue weighted by molar-refractivity contribution is 7.91. The Hall–Kier alpha value is -1.85. The molecule has 0 spiro atoms. The third kappa shape index (κ3) is 6.08. The molecule has 0 saturated carbocycles. The van der Waals surface area contributed by atoms with Crippen molar-refractivity contribution in [2.45, 2.75) is 50.7 Å². The van der Waals surface area contributed by atoms with Crippen LogP contribution in [0.2, 0.25) is 0 Å². The summed E-state index contributed by atoms with van der Waals surface area (Å²) < 4.78 is 34.0. The van der Waals surface area contributed by atoms with E-state index in [-0.39, 0.29) is 5.75 Å². The van der Waals surface area contributed by atoms with Gasteiger partial charge in [0.2, 0.25) is 10.0 Å². The van der Waals surface area contributed by atoms with E-state index >= 15 is 0 Å². The van der Waals surface area contributed by atoms with Crippen LogP contribution < -0.4 is 4.72 Å². The van der Waals surface area contributed by atoms with E-state index in [0.717, 1.165) is 67.7 Å². The van der Waals surface area contributed by atoms with Crippen LogP contribution in [0.15, 0.2) is 48.5 Å². The van der Waals surface area contributed by atoms with Crippen LogP contribution in [0.5, 0.6) is 0 Å². The van der Waals surface area contributed by atoms with Crippen LogP contribution in [0.4, 0.5) is 5.69 Å². The van der Waals surface area contributed by atoms with Crippen LogP contribution in [0.25, 0.3) is 0 Å². The summed E-state index contributed by atoms with van der Waals surface area (Å²) in [5, 5.41) is 0. The zero-order chi connectivity index (χ0) is 19.1. The van der Waals surface area contributed by atoms with E-state index in [2.05, 4.69) is 16.9 Å². The Morgan fingerprint density at radius 3 is 2.56 bits per heavy atom. The summed E-state index contributed by atoms with van der Waals surface area (Å²) in [4.78, 5) is 0. The van der Waals surface area contributed by atoms with E-state index in [1.807, 2.05) is 43.3 Å². The molecular weight excluding hydrogens is 358 g/mol. The Bertz CT molecular complexity index is 824. The molecule has 0 aromatic heterocycles. The minimum absolute atomic E-state index is 0.0142. The first-order valence-electron chi connectivity index (χ1n) is 9.76. The van der Waals surface area contributed by atoms with E-state index < -0.39 is 10.0 Å². The maximum Gasteiger partial charge on any atom is 0.236 e. The highest BCUT2D eigenvalue weighted by Crippen LogP contribution is 2.34. The van der Waals surface area contributed by atoms with E-state index in [0.29, 0.717) is 5.92 Å². The molecule has 2 aromatic rings. The molecule has 1 fully saturated rings. The summed E-state index contributed by atoms with van der Waals surface area (Å²) >= 11 is 0. The minimum Gasteiger partial charge on any atom is -0.381 e. The lowest BCUT2D eigenvalue weighted by molar-refractivity contribution is 0.130. The Labute approximate surface area is 163 Å². The van der Waals surface area contributed by atoms with Crippen molar-refractivity contribution in [3.63, 3.8) is 0 Å². The van der Waals surface area contributed by atoms with Gasteiger partial charge < -0.3 is 4.74 Å². The van der Waals surface area contributed by atoms with Crippen molar-refractivity contribution < 1.29 is 13.2 Å². The second kappa shape index (κ2) is 9.38. The summed E-state index contributed by atoms with van der Waals surface area (Å²) in [6.07, 6.45) is 5.28. The molecule has 2 aromatic carbocycles. The average Bonchev–Trinajstić information content (AvgIpc) is 2.76. The van der Waals surface area contributed by atoms with Gasteiger partial charge in [0.1, 0.15) is 0 Å². The Balaban J connectivity index is 1.82. The number of aryl methyl sites for hydroxylation is 1. The van der Waals surface area contributed by atoms with Crippen molar-refractivity contribution in [3.05, 3.63) is 65.2 Å². The van der Waals surface area contributed by atoms with Gasteiger partial charge in [0.05, 0.1) is 11.4 Å². The van der Waals surface area contributed by atoms with E-state index in [1.54, 1.807) is 0 Å². The molecule has 146 valence electrons. The van der Waals surface area contributed by atoms with Crippen molar-refractivity contribution in [2.24, 2.45) is 0 Å². The first-order chi connectivity index (χ1) is 13.0. The fraction of sp³-hybridized carbons (Fsp3) is 0.455. The molecule has 1 saturated heterocycles. The number of sulfonamides is 1. The molecule has 0 bridgehead atoms. The standard InChI is InChI=1S/C22H29NO3S/c1-18-12-13-21(20-10-5-6-14-26-15-7-11-20)22(16-18)23-27(24,25)17-19-8-3-2-4-9-19/h2-4,8-9,12-13,16,20,23H,5-7,10-11,14-15,17H2,1H3. The van der Waals surface area contributed by atoms with Gasteiger partial charge in [-0.1, -0.05) is 48.9 Å². The molecule has 0 aliphatic carbocycles. The summed E-state index contributed by atoms with van der Waals surface area (Å²) in [6.45, 7) is 3.62. The van der Waals surface area contributed by atoms with Gasteiger partial charge in [-0.2, -0.15) is 0 Å². The van der Waals surface area contributed by atoms with Gasteiger partial charge in [-0.05, 0) is 61.3 Å². The number of anilines is 1. The fourth-order valence-electron chi connectivity index (χ4n) is 3.70. The lowest BCUT2D eigenvalue weighted by Crippen LogP contribution is -2.17. The maximum atomic E-state index is 12.8. The van der Waals surface area contributed by atoms with Crippen LogP contribution in [-0.2, 0) is 20.5 Å². The highest BCUT2D eigenvalue weighted by Gasteiger charge is 2.20. The number of nitrogens with one attached hydrogen (secondary N) is 1. The van der Waals surface area contributed by atoms with Gasteiger partial charge in [0.15, 0.2) is 0 Å². The Morgan fingerprint density at radius 2 is 1.74 bits per heavy atom. The Morgan fingerprint density at radius 1 is 1.00 bits per heavy atom. The molecule has 1 N–H and O–H groups in total. The first kappa shape index (κ1) is 19.9. The highest BCUT2D eigenvalue weighted by atomic mass is 32.2. The number of rotatable bonds is 5. The minimum atomic E-state index is -3.46. The molecule has 27 heavy (non-hydrogen) atoms. The molecule has 1 aliphatic heterocycles. The molecule has 0 radical (unpaired) electrons. The third-order valence-corrected chi connectivity index (χ3v) is 6.29. The number of benzene rings is 2. The largest absolute Gasteiger partial charge is 0.381 e. The van der Waals surface area contributed by atoms with E-state index in [1.165, 1.54) is 0 Å². The second-order valence-electron chi connectivity index (χ2n) is 7.38. The van der Waals surface area contributed by atoms with Crippen LogP contribution in [0.3, 0.4) is 0 Å². The van der Waals surface area contributed by atoms with Crippen LogP contribution in [0, 0.1) is 6.92 Å². The van der Waals surface area contributed by atoms with Crippen LogP contribution in [0.1, 0.15) is 54.7 Å². The van der Waals surface area contributed by atoms with Crippen LogP contribution >= 0.6 is 0 Å². The lowest BCUT2D eigenvalue weighted by Gasteiger charge is -2.21. The van der Waals surface area contributed by atoms with Gasteiger partial charge in [0, 0.05) is 13.2 Å².